The third-order valence-electron chi connectivity index (χ3n) is 3.54. The summed E-state index contributed by atoms with van der Waals surface area (Å²) in [4.78, 5) is 11.7. The van der Waals surface area contributed by atoms with Crippen molar-refractivity contribution in [2.75, 3.05) is 20.1 Å². The summed E-state index contributed by atoms with van der Waals surface area (Å²) in [6.07, 6.45) is 1.87. The summed E-state index contributed by atoms with van der Waals surface area (Å²) in [6, 6.07) is 3.60. The molecule has 1 aliphatic rings. The van der Waals surface area contributed by atoms with Crippen molar-refractivity contribution in [3.05, 3.63) is 17.0 Å². The van der Waals surface area contributed by atoms with Crippen LogP contribution in [0, 0.1) is 0 Å². The molecule has 1 unspecified atom stereocenters. The summed E-state index contributed by atoms with van der Waals surface area (Å²) >= 11 is 1.22. The molecule has 2 heterocycles. The quantitative estimate of drug-likeness (QED) is 0.819. The molecule has 1 saturated heterocycles. The summed E-state index contributed by atoms with van der Waals surface area (Å²) < 4.78 is 27.1. The number of amides is 1. The molecule has 0 radical (unpaired) electrons. The second kappa shape index (κ2) is 8.26. The van der Waals surface area contributed by atoms with Gasteiger partial charge in [-0.05, 0) is 32.0 Å². The highest BCUT2D eigenvalue weighted by molar-refractivity contribution is 7.91. The minimum Gasteiger partial charge on any atom is -0.351 e. The minimum absolute atomic E-state index is 0. The van der Waals surface area contributed by atoms with Gasteiger partial charge in [-0.2, -0.15) is 4.31 Å². The Morgan fingerprint density at radius 2 is 2.18 bits per heavy atom. The largest absolute Gasteiger partial charge is 0.351 e. The number of rotatable bonds is 5. The van der Waals surface area contributed by atoms with Crippen molar-refractivity contribution in [3.63, 3.8) is 0 Å². The maximum atomic E-state index is 12.6. The Hall–Kier alpha value is -0.670. The summed E-state index contributed by atoms with van der Waals surface area (Å²) in [5.41, 5.74) is 0. The van der Waals surface area contributed by atoms with E-state index in [1.165, 1.54) is 18.3 Å². The lowest BCUT2D eigenvalue weighted by molar-refractivity contribution is -0.119. The van der Waals surface area contributed by atoms with Crippen LogP contribution in [0.4, 0.5) is 0 Å². The highest BCUT2D eigenvalue weighted by atomic mass is 35.5. The van der Waals surface area contributed by atoms with E-state index in [-0.39, 0.29) is 24.4 Å². The Kier molecular flexibility index (Phi) is 7.27. The summed E-state index contributed by atoms with van der Waals surface area (Å²) in [7, 11) is -1.57. The maximum Gasteiger partial charge on any atom is 0.252 e. The van der Waals surface area contributed by atoms with Crippen molar-refractivity contribution in [1.82, 2.24) is 14.9 Å². The number of hydrogen-bond acceptors (Lipinski definition) is 5. The zero-order valence-electron chi connectivity index (χ0n) is 12.7. The van der Waals surface area contributed by atoms with E-state index < -0.39 is 10.0 Å². The van der Waals surface area contributed by atoms with Gasteiger partial charge in [0.1, 0.15) is 4.21 Å². The van der Waals surface area contributed by atoms with Crippen LogP contribution in [0.2, 0.25) is 0 Å². The Labute approximate surface area is 141 Å². The SMILES string of the molecule is CNC1CCCN(S(=O)(=O)c2ccc(CNC(C)=O)s2)C1.Cl. The fourth-order valence-electron chi connectivity index (χ4n) is 2.33. The van der Waals surface area contributed by atoms with Gasteiger partial charge < -0.3 is 10.6 Å². The van der Waals surface area contributed by atoms with Crippen LogP contribution < -0.4 is 10.6 Å². The van der Waals surface area contributed by atoms with Gasteiger partial charge in [0.2, 0.25) is 5.91 Å². The number of piperidine rings is 1. The van der Waals surface area contributed by atoms with Crippen LogP contribution in [0.3, 0.4) is 0 Å². The average Bonchev–Trinajstić information content (AvgIpc) is 2.95. The van der Waals surface area contributed by atoms with Gasteiger partial charge in [-0.25, -0.2) is 8.42 Å². The predicted molar refractivity (Wildman–Crippen MR) is 89.9 cm³/mol. The zero-order valence-corrected chi connectivity index (χ0v) is 15.1. The van der Waals surface area contributed by atoms with Crippen molar-refractivity contribution < 1.29 is 13.2 Å². The van der Waals surface area contributed by atoms with Crippen molar-refractivity contribution in [1.29, 1.82) is 0 Å². The van der Waals surface area contributed by atoms with E-state index in [0.717, 1.165) is 17.7 Å². The molecule has 1 aromatic rings. The average molecular weight is 368 g/mol. The van der Waals surface area contributed by atoms with E-state index in [0.29, 0.717) is 23.8 Å². The van der Waals surface area contributed by atoms with Gasteiger partial charge in [-0.3, -0.25) is 4.79 Å². The first-order valence-electron chi connectivity index (χ1n) is 6.94. The molecule has 0 spiro atoms. The van der Waals surface area contributed by atoms with Gasteiger partial charge in [0.25, 0.3) is 10.0 Å². The maximum absolute atomic E-state index is 12.6. The summed E-state index contributed by atoms with van der Waals surface area (Å²) in [6.45, 7) is 2.89. The molecule has 0 saturated carbocycles. The lowest BCUT2D eigenvalue weighted by atomic mass is 10.1. The molecule has 2 rings (SSSR count). The van der Waals surface area contributed by atoms with E-state index >= 15 is 0 Å². The lowest BCUT2D eigenvalue weighted by Gasteiger charge is -2.31. The van der Waals surface area contributed by atoms with E-state index in [2.05, 4.69) is 10.6 Å². The smallest absolute Gasteiger partial charge is 0.252 e. The number of nitrogens with zero attached hydrogens (tertiary/aromatic N) is 1. The van der Waals surface area contributed by atoms with Crippen LogP contribution in [0.25, 0.3) is 0 Å². The van der Waals surface area contributed by atoms with Crippen LogP contribution in [-0.4, -0.2) is 44.8 Å². The number of sulfonamides is 1. The van der Waals surface area contributed by atoms with Crippen molar-refractivity contribution in [2.45, 2.75) is 36.6 Å². The highest BCUT2D eigenvalue weighted by Gasteiger charge is 2.30. The molecule has 0 aromatic carbocycles. The summed E-state index contributed by atoms with van der Waals surface area (Å²) in [5, 5.41) is 5.82. The van der Waals surface area contributed by atoms with Crippen LogP contribution in [0.15, 0.2) is 16.3 Å². The number of carbonyl (C=O) groups is 1. The molecule has 6 nitrogen and oxygen atoms in total. The second-order valence-electron chi connectivity index (χ2n) is 5.12. The van der Waals surface area contributed by atoms with Gasteiger partial charge in [0.15, 0.2) is 0 Å². The number of halogens is 1. The van der Waals surface area contributed by atoms with Crippen molar-refractivity contribution >= 4 is 39.7 Å². The lowest BCUT2D eigenvalue weighted by Crippen LogP contribution is -2.46. The molecule has 0 bridgehead atoms. The fourth-order valence-corrected chi connectivity index (χ4v) is 5.30. The Morgan fingerprint density at radius 3 is 2.82 bits per heavy atom. The second-order valence-corrected chi connectivity index (χ2v) is 8.45. The zero-order chi connectivity index (χ0) is 15.5. The van der Waals surface area contributed by atoms with Gasteiger partial charge >= 0.3 is 0 Å². The molecule has 2 N–H and O–H groups in total. The molecule has 126 valence electrons. The van der Waals surface area contributed by atoms with Crippen LogP contribution in [0.1, 0.15) is 24.6 Å². The number of nitrogens with one attached hydrogen (secondary N) is 2. The number of hydrogen-bond donors (Lipinski definition) is 2. The molecule has 1 aliphatic heterocycles. The van der Waals surface area contributed by atoms with Crippen LogP contribution in [0.5, 0.6) is 0 Å². The van der Waals surface area contributed by atoms with Crippen molar-refractivity contribution in [3.8, 4) is 0 Å². The Balaban J connectivity index is 0.00000242. The first-order chi connectivity index (χ1) is 9.93. The number of thiophene rings is 1. The molecule has 1 fully saturated rings. The Morgan fingerprint density at radius 1 is 1.45 bits per heavy atom. The third kappa shape index (κ3) is 4.66. The molecular weight excluding hydrogens is 346 g/mol. The molecule has 22 heavy (non-hydrogen) atoms. The Bertz CT molecular complexity index is 603. The van der Waals surface area contributed by atoms with E-state index in [1.54, 1.807) is 16.4 Å². The monoisotopic (exact) mass is 367 g/mol. The van der Waals surface area contributed by atoms with Crippen LogP contribution >= 0.6 is 23.7 Å². The molecule has 1 atom stereocenters. The fraction of sp³-hybridized carbons (Fsp3) is 0.615. The summed E-state index contributed by atoms with van der Waals surface area (Å²) in [5.74, 6) is -0.124. The molecule has 1 aromatic heterocycles. The van der Waals surface area contributed by atoms with E-state index in [1.807, 2.05) is 7.05 Å². The first kappa shape index (κ1) is 19.4. The standard InChI is InChI=1S/C13H21N3O3S2.ClH/c1-10(17)15-8-12-5-6-13(20-12)21(18,19)16-7-3-4-11(9-16)14-2;/h5-6,11,14H,3-4,7-9H2,1-2H3,(H,15,17);1H. The molecule has 0 aliphatic carbocycles. The predicted octanol–water partition coefficient (Wildman–Crippen LogP) is 1.18. The normalized spacial score (nSPS) is 19.5. The highest BCUT2D eigenvalue weighted by Crippen LogP contribution is 2.27. The van der Waals surface area contributed by atoms with Gasteiger partial charge in [0.05, 0.1) is 6.54 Å². The van der Waals surface area contributed by atoms with Gasteiger partial charge in [0, 0.05) is 30.9 Å². The van der Waals surface area contributed by atoms with E-state index in [9.17, 15) is 13.2 Å². The topological polar surface area (TPSA) is 78.5 Å². The van der Waals surface area contributed by atoms with E-state index in [4.69, 9.17) is 0 Å². The minimum atomic E-state index is -3.42. The molecule has 1 amide bonds. The number of likely N-dealkylation sites (N-methyl/N-ethyl adjacent to an activating group) is 1. The van der Waals surface area contributed by atoms with Gasteiger partial charge in [-0.15, -0.1) is 23.7 Å². The first-order valence-corrected chi connectivity index (χ1v) is 9.19. The number of carbonyl (C=O) groups excluding carboxylic acids is 1. The molecule has 9 heteroatoms. The third-order valence-corrected chi connectivity index (χ3v) is 6.95. The van der Waals surface area contributed by atoms with Gasteiger partial charge in [-0.1, -0.05) is 0 Å². The van der Waals surface area contributed by atoms with Crippen molar-refractivity contribution in [2.24, 2.45) is 0 Å². The molecular formula is C13H22ClN3O3S2. The van der Waals surface area contributed by atoms with Crippen LogP contribution in [-0.2, 0) is 21.4 Å².